The lowest BCUT2D eigenvalue weighted by Gasteiger charge is -2.26. The molecule has 0 unspecified atom stereocenters. The maximum absolute atomic E-state index is 15.1. The van der Waals surface area contributed by atoms with E-state index in [1.165, 1.54) is 26.0 Å². The van der Waals surface area contributed by atoms with E-state index in [1.54, 1.807) is 18.2 Å². The van der Waals surface area contributed by atoms with Crippen LogP contribution in [0.5, 0.6) is 17.2 Å². The minimum Gasteiger partial charge on any atom is -0.493 e. The number of carbonyl (C=O) groups is 2. The average Bonchev–Trinajstić information content (AvgIpc) is 3.15. The second-order valence-corrected chi connectivity index (χ2v) is 10.3. The van der Waals surface area contributed by atoms with Crippen molar-refractivity contribution in [3.05, 3.63) is 46.3 Å². The minimum absolute atomic E-state index is 0. The van der Waals surface area contributed by atoms with Crippen molar-refractivity contribution < 1.29 is 28.2 Å². The van der Waals surface area contributed by atoms with Crippen LogP contribution in [0.3, 0.4) is 0 Å². The molecule has 0 fully saturated rings. The number of Topliss-reactive ketones (excluding diaryl/α,β-unsaturated/α-hetero) is 1. The molecule has 0 atom stereocenters. The molecule has 3 rings (SSSR count). The van der Waals surface area contributed by atoms with E-state index in [1.807, 2.05) is 20.8 Å². The maximum atomic E-state index is 15.1. The van der Waals surface area contributed by atoms with E-state index in [-0.39, 0.29) is 64.7 Å². The van der Waals surface area contributed by atoms with Crippen LogP contribution in [0.1, 0.15) is 67.6 Å². The molecule has 0 saturated carbocycles. The highest BCUT2D eigenvalue weighted by atomic mass is 79.9. The van der Waals surface area contributed by atoms with Gasteiger partial charge in [0.15, 0.2) is 23.1 Å². The monoisotopic (exact) mass is 608 g/mol. The number of carbonyl (C=O) groups excluding carboxylic acids is 2. The van der Waals surface area contributed by atoms with Gasteiger partial charge in [0, 0.05) is 24.6 Å². The summed E-state index contributed by atoms with van der Waals surface area (Å²) in [6.45, 7) is 8.37. The number of rotatable bonds is 11. The van der Waals surface area contributed by atoms with Gasteiger partial charge in [-0.25, -0.2) is 4.39 Å². The molecule has 1 amide bonds. The number of halogens is 2. The van der Waals surface area contributed by atoms with E-state index in [2.05, 4.69) is 5.32 Å². The van der Waals surface area contributed by atoms with Gasteiger partial charge in [-0.1, -0.05) is 20.8 Å². The Morgan fingerprint density at radius 3 is 2.38 bits per heavy atom. The topological polar surface area (TPSA) is 127 Å². The number of hydrogen-bond acceptors (Lipinski definition) is 7. The molecule has 4 N–H and O–H groups in total. The van der Waals surface area contributed by atoms with Crippen LogP contribution in [0.4, 0.5) is 10.1 Å². The largest absolute Gasteiger partial charge is 0.493 e. The Hall–Kier alpha value is -3.18. The molecule has 39 heavy (non-hydrogen) atoms. The van der Waals surface area contributed by atoms with Crippen molar-refractivity contribution >= 4 is 40.2 Å². The molecule has 0 saturated heterocycles. The number of ketones is 1. The summed E-state index contributed by atoms with van der Waals surface area (Å²) in [5.41, 5.74) is 7.34. The molecule has 9 nitrogen and oxygen atoms in total. The van der Waals surface area contributed by atoms with Crippen LogP contribution in [-0.4, -0.2) is 56.3 Å². The first kappa shape index (κ1) is 32.0. The van der Waals surface area contributed by atoms with Crippen LogP contribution < -0.4 is 25.3 Å². The fourth-order valence-electron chi connectivity index (χ4n) is 4.43. The molecule has 2 aromatic carbocycles. The lowest BCUT2D eigenvalue weighted by atomic mass is 9.84. The van der Waals surface area contributed by atoms with Gasteiger partial charge in [-0.3, -0.25) is 15.0 Å². The number of hydrogen-bond donors (Lipinski definition) is 3. The molecule has 0 aromatic heterocycles. The summed E-state index contributed by atoms with van der Waals surface area (Å²) < 4.78 is 31.6. The third kappa shape index (κ3) is 7.07. The highest BCUT2D eigenvalue weighted by molar-refractivity contribution is 8.93. The van der Waals surface area contributed by atoms with Crippen LogP contribution in [-0.2, 0) is 16.8 Å². The van der Waals surface area contributed by atoms with E-state index in [4.69, 9.17) is 25.4 Å². The van der Waals surface area contributed by atoms with E-state index < -0.39 is 11.2 Å². The van der Waals surface area contributed by atoms with E-state index in [0.29, 0.717) is 35.7 Å². The van der Waals surface area contributed by atoms with Gasteiger partial charge >= 0.3 is 0 Å². The van der Waals surface area contributed by atoms with Crippen molar-refractivity contribution in [2.24, 2.45) is 5.73 Å². The Kier molecular flexibility index (Phi) is 10.9. The standard InChI is InChI=1S/C28H37FN4O5.BrH/c1-16(34)32-20-12-17(11-19(28(2,3)4)25(20)38-10-8-7-9-30)21(35)15-33-14-18-13-22(36-5)26(37-6)24(29)23(18)27(33)31;/h11-13,31H,7-10,14-15,30H2,1-6H3,(H,32,34);1H. The summed E-state index contributed by atoms with van der Waals surface area (Å²) in [5, 5.41) is 11.4. The zero-order chi connectivity index (χ0) is 28.2. The molecule has 214 valence electrons. The van der Waals surface area contributed by atoms with Gasteiger partial charge in [0.05, 0.1) is 38.6 Å². The minimum atomic E-state index is -0.694. The van der Waals surface area contributed by atoms with E-state index in [9.17, 15) is 9.59 Å². The number of benzene rings is 2. The number of nitrogens with zero attached hydrogens (tertiary/aromatic N) is 1. The van der Waals surface area contributed by atoms with E-state index >= 15 is 4.39 Å². The number of unbranched alkanes of at least 4 members (excludes halogenated alkanes) is 1. The van der Waals surface area contributed by atoms with Crippen molar-refractivity contribution in [1.29, 1.82) is 5.41 Å². The normalized spacial score (nSPS) is 12.5. The fraction of sp³-hybridized carbons (Fsp3) is 0.464. The third-order valence-electron chi connectivity index (χ3n) is 6.32. The van der Waals surface area contributed by atoms with Gasteiger partial charge in [0.25, 0.3) is 0 Å². The highest BCUT2D eigenvalue weighted by Crippen LogP contribution is 2.40. The molecule has 0 bridgehead atoms. The van der Waals surface area contributed by atoms with Crippen LogP contribution in [0.25, 0.3) is 0 Å². The summed E-state index contributed by atoms with van der Waals surface area (Å²) in [7, 11) is 2.74. The Labute approximate surface area is 239 Å². The molecule has 0 radical (unpaired) electrons. The number of nitrogens with two attached hydrogens (primary N) is 1. The van der Waals surface area contributed by atoms with Gasteiger partial charge in [-0.15, -0.1) is 17.0 Å². The number of nitrogens with one attached hydrogen (secondary N) is 2. The quantitative estimate of drug-likeness (QED) is 0.246. The van der Waals surface area contributed by atoms with Gasteiger partial charge in [0.2, 0.25) is 5.91 Å². The molecular formula is C28H38BrFN4O5. The van der Waals surface area contributed by atoms with Crippen LogP contribution in [0.2, 0.25) is 0 Å². The number of anilines is 1. The van der Waals surface area contributed by atoms with Gasteiger partial charge in [-0.05, 0) is 48.6 Å². The smallest absolute Gasteiger partial charge is 0.221 e. The Morgan fingerprint density at radius 2 is 1.82 bits per heavy atom. The zero-order valence-electron chi connectivity index (χ0n) is 23.3. The predicted molar refractivity (Wildman–Crippen MR) is 155 cm³/mol. The molecule has 1 aliphatic heterocycles. The molecule has 0 spiro atoms. The first-order valence-electron chi connectivity index (χ1n) is 12.5. The maximum Gasteiger partial charge on any atom is 0.221 e. The summed E-state index contributed by atoms with van der Waals surface area (Å²) in [5.74, 6) is -0.720. The van der Waals surface area contributed by atoms with Crippen LogP contribution >= 0.6 is 17.0 Å². The summed E-state index contributed by atoms with van der Waals surface area (Å²) >= 11 is 0. The average molecular weight is 610 g/mol. The molecule has 2 aromatic rings. The SMILES string of the molecule is Br.COc1cc2c(c(F)c1OC)C(=N)N(CC(=O)c1cc(NC(C)=O)c(OCCCCN)c(C(C)(C)C)c1)C2. The molecule has 0 aliphatic carbocycles. The second-order valence-electron chi connectivity index (χ2n) is 10.3. The first-order valence-corrected chi connectivity index (χ1v) is 12.5. The summed E-state index contributed by atoms with van der Waals surface area (Å²) in [6, 6.07) is 4.99. The number of amidine groups is 1. The van der Waals surface area contributed by atoms with Gasteiger partial charge in [-0.2, -0.15) is 0 Å². The number of fused-ring (bicyclic) bond motifs is 1. The third-order valence-corrected chi connectivity index (χ3v) is 6.32. The zero-order valence-corrected chi connectivity index (χ0v) is 25.0. The highest BCUT2D eigenvalue weighted by Gasteiger charge is 2.33. The van der Waals surface area contributed by atoms with Crippen molar-refractivity contribution in [2.45, 2.75) is 52.5 Å². The Morgan fingerprint density at radius 1 is 1.13 bits per heavy atom. The Bertz CT molecular complexity index is 1250. The number of ether oxygens (including phenoxy) is 3. The summed E-state index contributed by atoms with van der Waals surface area (Å²) in [4.78, 5) is 27.0. The lowest BCUT2D eigenvalue weighted by molar-refractivity contribution is -0.114. The Balaban J connectivity index is 0.00000533. The van der Waals surface area contributed by atoms with Crippen molar-refractivity contribution in [1.82, 2.24) is 4.90 Å². The predicted octanol–water partition coefficient (Wildman–Crippen LogP) is 4.82. The van der Waals surface area contributed by atoms with Crippen molar-refractivity contribution in [2.75, 3.05) is 39.2 Å². The number of methoxy groups -OCH3 is 2. The second kappa shape index (κ2) is 13.3. The van der Waals surface area contributed by atoms with E-state index in [0.717, 1.165) is 18.4 Å². The van der Waals surface area contributed by atoms with Crippen LogP contribution in [0.15, 0.2) is 18.2 Å². The fourth-order valence-corrected chi connectivity index (χ4v) is 4.43. The van der Waals surface area contributed by atoms with Crippen molar-refractivity contribution in [3.8, 4) is 17.2 Å². The van der Waals surface area contributed by atoms with Gasteiger partial charge < -0.3 is 30.2 Å². The first-order chi connectivity index (χ1) is 17.9. The molecule has 11 heteroatoms. The summed E-state index contributed by atoms with van der Waals surface area (Å²) in [6.07, 6.45) is 1.56. The lowest BCUT2D eigenvalue weighted by Crippen LogP contribution is -2.31. The molecule has 1 heterocycles. The molecular weight excluding hydrogens is 571 g/mol. The van der Waals surface area contributed by atoms with Crippen molar-refractivity contribution in [3.63, 3.8) is 0 Å². The molecule has 1 aliphatic rings. The van der Waals surface area contributed by atoms with Gasteiger partial charge in [0.1, 0.15) is 11.6 Å². The number of amides is 1. The van der Waals surface area contributed by atoms with Crippen LogP contribution in [0, 0.1) is 11.2 Å².